The van der Waals surface area contributed by atoms with Crippen molar-refractivity contribution in [3.8, 4) is 11.5 Å². The van der Waals surface area contributed by atoms with E-state index in [2.05, 4.69) is 16.0 Å². The molecule has 11 nitrogen and oxygen atoms in total. The van der Waals surface area contributed by atoms with Gasteiger partial charge in [0.2, 0.25) is 23.6 Å². The summed E-state index contributed by atoms with van der Waals surface area (Å²) in [5, 5.41) is 8.58. The Morgan fingerprint density at radius 2 is 1.82 bits per heavy atom. The maximum absolute atomic E-state index is 14.1. The second kappa shape index (κ2) is 14.4. The molecule has 5 unspecified atom stereocenters. The highest BCUT2D eigenvalue weighted by molar-refractivity contribution is 5.96. The lowest BCUT2D eigenvalue weighted by atomic mass is 10.0. The van der Waals surface area contributed by atoms with Gasteiger partial charge in [-0.25, -0.2) is 0 Å². The van der Waals surface area contributed by atoms with Gasteiger partial charge in [-0.05, 0) is 50.7 Å². The molecular formula is C33H43N5O6. The summed E-state index contributed by atoms with van der Waals surface area (Å²) in [7, 11) is 5.12. The van der Waals surface area contributed by atoms with E-state index < -0.39 is 42.1 Å². The number of likely N-dealkylation sites (N-methyl/N-ethyl adjacent to an activating group) is 1. The third kappa shape index (κ3) is 7.57. The van der Waals surface area contributed by atoms with Crippen LogP contribution in [0.5, 0.6) is 11.5 Å². The highest BCUT2D eigenvalue weighted by atomic mass is 16.5. The molecule has 0 spiro atoms. The van der Waals surface area contributed by atoms with Gasteiger partial charge < -0.3 is 30.3 Å². The van der Waals surface area contributed by atoms with Crippen molar-refractivity contribution in [2.75, 3.05) is 27.7 Å². The molecule has 5 rings (SSSR count). The van der Waals surface area contributed by atoms with E-state index in [-0.39, 0.29) is 30.7 Å². The minimum absolute atomic E-state index is 0.232. The fraction of sp³-hybridized carbons (Fsp3) is 0.455. The van der Waals surface area contributed by atoms with Crippen LogP contribution in [0.15, 0.2) is 54.7 Å². The Bertz CT molecular complexity index is 1380. The number of methoxy groups -OCH3 is 1. The summed E-state index contributed by atoms with van der Waals surface area (Å²) in [5.74, 6) is -0.845. The number of carbonyl (C=O) groups is 4. The molecule has 1 fully saturated rings. The molecule has 2 aromatic rings. The van der Waals surface area contributed by atoms with Crippen LogP contribution in [-0.2, 0) is 25.6 Å². The number of fused-ring (bicyclic) bond motifs is 7. The van der Waals surface area contributed by atoms with Crippen molar-refractivity contribution < 1.29 is 28.7 Å². The first-order valence-corrected chi connectivity index (χ1v) is 14.9. The van der Waals surface area contributed by atoms with Crippen molar-refractivity contribution in [3.05, 3.63) is 65.9 Å². The van der Waals surface area contributed by atoms with Crippen molar-refractivity contribution >= 4 is 29.7 Å². The van der Waals surface area contributed by atoms with Gasteiger partial charge in [-0.2, -0.15) is 0 Å². The molecule has 2 aromatic carbocycles. The summed E-state index contributed by atoms with van der Waals surface area (Å²) in [5.41, 5.74) is 1.59. The van der Waals surface area contributed by atoms with Crippen LogP contribution in [0.2, 0.25) is 0 Å². The Labute approximate surface area is 258 Å². The SMILES string of the molecule is COc1cc2ccc1C=CNC(=O)C(Cc1ccccc1)NC(=O)C1C(CCN1C(=O)C(NC(=O)C(C)N(C)C)C(C)C)O2. The first-order valence-electron chi connectivity index (χ1n) is 14.9. The number of hydrogen-bond acceptors (Lipinski definition) is 7. The smallest absolute Gasteiger partial charge is 0.247 e. The van der Waals surface area contributed by atoms with Crippen LogP contribution >= 0.6 is 0 Å². The number of amides is 4. The van der Waals surface area contributed by atoms with Gasteiger partial charge in [-0.3, -0.25) is 24.1 Å². The third-order valence-corrected chi connectivity index (χ3v) is 8.18. The molecule has 4 amide bonds. The summed E-state index contributed by atoms with van der Waals surface area (Å²) >= 11 is 0. The van der Waals surface area contributed by atoms with E-state index >= 15 is 0 Å². The van der Waals surface area contributed by atoms with Crippen molar-refractivity contribution in [1.82, 2.24) is 25.8 Å². The van der Waals surface area contributed by atoms with Crippen LogP contribution in [0.1, 0.15) is 38.3 Å². The second-order valence-corrected chi connectivity index (χ2v) is 11.8. The quantitative estimate of drug-likeness (QED) is 0.420. The van der Waals surface area contributed by atoms with Gasteiger partial charge in [0.25, 0.3) is 0 Å². The highest BCUT2D eigenvalue weighted by Crippen LogP contribution is 2.30. The standard InChI is InChI=1S/C33H43N5O6/c1-20(2)28(36-30(39)21(3)37(4)5)33(42)38-17-15-26-29(38)32(41)35-25(18-22-10-8-7-9-11-22)31(40)34-16-14-23-12-13-24(44-26)19-27(23)43-6/h7-14,16,19-21,25-26,28-29H,15,17-18H2,1-6H3,(H,34,40)(H,35,41)(H,36,39). The molecule has 3 aliphatic rings. The van der Waals surface area contributed by atoms with E-state index in [1.165, 1.54) is 18.2 Å². The fourth-order valence-corrected chi connectivity index (χ4v) is 5.35. The van der Waals surface area contributed by atoms with Crippen molar-refractivity contribution in [2.24, 2.45) is 5.92 Å². The van der Waals surface area contributed by atoms with Gasteiger partial charge in [-0.15, -0.1) is 0 Å². The van der Waals surface area contributed by atoms with Crippen LogP contribution in [-0.4, -0.2) is 91.4 Å². The molecule has 11 heteroatoms. The van der Waals surface area contributed by atoms with Crippen molar-refractivity contribution in [1.29, 1.82) is 0 Å². The number of rotatable bonds is 8. The molecule has 0 saturated carbocycles. The van der Waals surface area contributed by atoms with Gasteiger partial charge in [0, 0.05) is 37.2 Å². The predicted octanol–water partition coefficient (Wildman–Crippen LogP) is 1.96. The minimum atomic E-state index is -1.05. The second-order valence-electron chi connectivity index (χ2n) is 11.8. The largest absolute Gasteiger partial charge is 0.496 e. The average molecular weight is 606 g/mol. The third-order valence-electron chi connectivity index (χ3n) is 8.18. The maximum atomic E-state index is 14.1. The molecule has 5 atom stereocenters. The van der Waals surface area contributed by atoms with Crippen molar-refractivity contribution in [2.45, 2.75) is 63.9 Å². The van der Waals surface area contributed by atoms with Gasteiger partial charge in [0.05, 0.1) is 13.2 Å². The molecule has 236 valence electrons. The number of carbonyl (C=O) groups excluding carboxylic acids is 4. The number of benzene rings is 2. The number of ether oxygens (including phenoxy) is 2. The van der Waals surface area contributed by atoms with Crippen LogP contribution in [0.4, 0.5) is 0 Å². The zero-order valence-corrected chi connectivity index (χ0v) is 26.2. The van der Waals surface area contributed by atoms with Crippen LogP contribution in [0, 0.1) is 5.92 Å². The molecule has 3 N–H and O–H groups in total. The van der Waals surface area contributed by atoms with Crippen LogP contribution in [0.25, 0.3) is 6.08 Å². The number of nitrogens with zero attached hydrogens (tertiary/aromatic N) is 2. The molecule has 0 aromatic heterocycles. The van der Waals surface area contributed by atoms with Gasteiger partial charge in [-0.1, -0.05) is 44.2 Å². The first kappa shape index (κ1) is 32.5. The molecule has 2 bridgehead atoms. The summed E-state index contributed by atoms with van der Waals surface area (Å²) in [6, 6.07) is 11.3. The minimum Gasteiger partial charge on any atom is -0.496 e. The lowest BCUT2D eigenvalue weighted by molar-refractivity contribution is -0.144. The fourth-order valence-electron chi connectivity index (χ4n) is 5.35. The summed E-state index contributed by atoms with van der Waals surface area (Å²) < 4.78 is 11.9. The molecule has 0 aliphatic carbocycles. The predicted molar refractivity (Wildman–Crippen MR) is 167 cm³/mol. The molecule has 3 aliphatic heterocycles. The average Bonchev–Trinajstić information content (AvgIpc) is 3.42. The number of nitrogens with one attached hydrogen (secondary N) is 3. The topological polar surface area (TPSA) is 129 Å². The van der Waals surface area contributed by atoms with E-state index in [0.717, 1.165) is 11.1 Å². The van der Waals surface area contributed by atoms with Gasteiger partial charge in [0.15, 0.2) is 0 Å². The maximum Gasteiger partial charge on any atom is 0.247 e. The Morgan fingerprint density at radius 1 is 1.09 bits per heavy atom. The van der Waals surface area contributed by atoms with Crippen LogP contribution in [0.3, 0.4) is 0 Å². The molecule has 1 saturated heterocycles. The lowest BCUT2D eigenvalue weighted by Crippen LogP contribution is -2.60. The number of likely N-dealkylation sites (tertiary alicyclic amines) is 1. The molecule has 3 heterocycles. The summed E-state index contributed by atoms with van der Waals surface area (Å²) in [6.07, 6.45) is 3.12. The summed E-state index contributed by atoms with van der Waals surface area (Å²) in [6.45, 7) is 5.69. The Hall–Kier alpha value is -4.38. The summed E-state index contributed by atoms with van der Waals surface area (Å²) in [4.78, 5) is 57.8. The Kier molecular flexibility index (Phi) is 10.6. The Morgan fingerprint density at radius 3 is 2.48 bits per heavy atom. The van der Waals surface area contributed by atoms with Crippen molar-refractivity contribution in [3.63, 3.8) is 0 Å². The van der Waals surface area contributed by atoms with Crippen LogP contribution < -0.4 is 25.4 Å². The highest BCUT2D eigenvalue weighted by Gasteiger charge is 2.46. The van der Waals surface area contributed by atoms with E-state index in [0.29, 0.717) is 17.9 Å². The molecule has 0 radical (unpaired) electrons. The zero-order chi connectivity index (χ0) is 32.0. The normalized spacial score (nSPS) is 21.5. The zero-order valence-electron chi connectivity index (χ0n) is 26.2. The lowest BCUT2D eigenvalue weighted by Gasteiger charge is -2.33. The Balaban J connectivity index is 1.71. The first-order chi connectivity index (χ1) is 21.0. The van der Waals surface area contributed by atoms with E-state index in [9.17, 15) is 19.2 Å². The van der Waals surface area contributed by atoms with E-state index in [4.69, 9.17) is 9.47 Å². The van der Waals surface area contributed by atoms with E-state index in [1.807, 2.05) is 44.2 Å². The van der Waals surface area contributed by atoms with Gasteiger partial charge >= 0.3 is 0 Å². The number of hydrogen-bond donors (Lipinski definition) is 3. The molecular weight excluding hydrogens is 562 g/mol. The monoisotopic (exact) mass is 605 g/mol. The molecule has 44 heavy (non-hydrogen) atoms. The van der Waals surface area contributed by atoms with E-state index in [1.54, 1.807) is 50.2 Å². The van der Waals surface area contributed by atoms with Gasteiger partial charge in [0.1, 0.15) is 35.7 Å².